The molecule has 0 fully saturated rings. The van der Waals surface area contributed by atoms with Gasteiger partial charge in [-0.05, 0) is 43.8 Å². The summed E-state index contributed by atoms with van der Waals surface area (Å²) in [7, 11) is 0. The minimum atomic E-state index is 0.379. The summed E-state index contributed by atoms with van der Waals surface area (Å²) in [6, 6.07) is 7.86. The third-order valence-electron chi connectivity index (χ3n) is 2.07. The maximum absolute atomic E-state index is 5.86. The first kappa shape index (κ1) is 12.3. The van der Waals surface area contributed by atoms with E-state index >= 15 is 0 Å². The van der Waals surface area contributed by atoms with Crippen molar-refractivity contribution < 1.29 is 0 Å². The molecule has 0 spiro atoms. The van der Waals surface area contributed by atoms with Gasteiger partial charge in [0.15, 0.2) is 5.11 Å². The van der Waals surface area contributed by atoms with Gasteiger partial charge in [-0.3, -0.25) is 0 Å². The average molecular weight is 243 g/mol. The van der Waals surface area contributed by atoms with E-state index < -0.39 is 0 Å². The van der Waals surface area contributed by atoms with E-state index in [0.29, 0.717) is 16.2 Å². The highest BCUT2D eigenvalue weighted by Crippen LogP contribution is 2.14. The number of halogens is 1. The van der Waals surface area contributed by atoms with Crippen molar-refractivity contribution in [2.24, 2.45) is 0 Å². The van der Waals surface area contributed by atoms with Gasteiger partial charge in [0.05, 0.1) is 0 Å². The predicted molar refractivity (Wildman–Crippen MR) is 70.6 cm³/mol. The second kappa shape index (κ2) is 5.93. The Morgan fingerprint density at radius 1 is 1.53 bits per heavy atom. The van der Waals surface area contributed by atoms with E-state index in [0.717, 1.165) is 12.1 Å². The van der Waals surface area contributed by atoms with Crippen LogP contribution in [0.15, 0.2) is 24.3 Å². The summed E-state index contributed by atoms with van der Waals surface area (Å²) in [5.74, 6) is 0. The molecule has 2 N–H and O–H groups in total. The summed E-state index contributed by atoms with van der Waals surface area (Å²) in [4.78, 5) is 0. The van der Waals surface area contributed by atoms with Crippen molar-refractivity contribution in [2.75, 3.05) is 5.32 Å². The van der Waals surface area contributed by atoms with E-state index in [-0.39, 0.29) is 0 Å². The van der Waals surface area contributed by atoms with Crippen LogP contribution in [0, 0.1) is 0 Å². The van der Waals surface area contributed by atoms with Crippen molar-refractivity contribution in [1.82, 2.24) is 5.32 Å². The average Bonchev–Trinajstić information content (AvgIpc) is 2.17. The largest absolute Gasteiger partial charge is 0.360 e. The number of rotatable bonds is 3. The Kier molecular flexibility index (Phi) is 4.85. The zero-order valence-corrected chi connectivity index (χ0v) is 10.5. The molecule has 0 radical (unpaired) electrons. The van der Waals surface area contributed by atoms with Crippen LogP contribution in [-0.2, 0) is 0 Å². The van der Waals surface area contributed by atoms with Crippen molar-refractivity contribution in [3.8, 4) is 0 Å². The van der Waals surface area contributed by atoms with E-state index in [9.17, 15) is 0 Å². The van der Waals surface area contributed by atoms with Crippen LogP contribution in [0.2, 0.25) is 5.02 Å². The fraction of sp³-hybridized carbons (Fsp3) is 0.364. The van der Waals surface area contributed by atoms with Crippen LogP contribution in [0.5, 0.6) is 0 Å². The molecular formula is C11H15ClN2S. The lowest BCUT2D eigenvalue weighted by Crippen LogP contribution is -2.35. The standard InChI is InChI=1S/C11H15ClN2S/c1-3-8(2)13-11(15)14-10-6-4-5-9(12)7-10/h4-8H,3H2,1-2H3,(H2,13,14,15). The second-order valence-electron chi connectivity index (χ2n) is 3.42. The van der Waals surface area contributed by atoms with Gasteiger partial charge >= 0.3 is 0 Å². The Bertz CT molecular complexity index is 341. The first-order chi connectivity index (χ1) is 7.11. The minimum Gasteiger partial charge on any atom is -0.360 e. The highest BCUT2D eigenvalue weighted by atomic mass is 35.5. The monoisotopic (exact) mass is 242 g/mol. The smallest absolute Gasteiger partial charge is 0.170 e. The van der Waals surface area contributed by atoms with Crippen LogP contribution >= 0.6 is 23.8 Å². The summed E-state index contributed by atoms with van der Waals surface area (Å²) in [5, 5.41) is 7.59. The van der Waals surface area contributed by atoms with Gasteiger partial charge < -0.3 is 10.6 Å². The Morgan fingerprint density at radius 3 is 2.87 bits per heavy atom. The zero-order chi connectivity index (χ0) is 11.3. The molecule has 82 valence electrons. The van der Waals surface area contributed by atoms with Gasteiger partial charge in [-0.25, -0.2) is 0 Å². The predicted octanol–water partition coefficient (Wildman–Crippen LogP) is 3.42. The van der Waals surface area contributed by atoms with Gasteiger partial charge in [0.1, 0.15) is 0 Å². The molecule has 1 atom stereocenters. The molecule has 0 heterocycles. The van der Waals surface area contributed by atoms with Gasteiger partial charge in [0.2, 0.25) is 0 Å². The second-order valence-corrected chi connectivity index (χ2v) is 4.26. The fourth-order valence-corrected chi connectivity index (χ4v) is 1.57. The Hall–Kier alpha value is -0.800. The Labute approximate surface area is 101 Å². The summed E-state index contributed by atoms with van der Waals surface area (Å²) >= 11 is 11.0. The fourth-order valence-electron chi connectivity index (χ4n) is 1.06. The summed E-state index contributed by atoms with van der Waals surface area (Å²) < 4.78 is 0. The van der Waals surface area contributed by atoms with Crippen molar-refractivity contribution in [3.05, 3.63) is 29.3 Å². The molecule has 15 heavy (non-hydrogen) atoms. The first-order valence-corrected chi connectivity index (χ1v) is 5.73. The van der Waals surface area contributed by atoms with Gasteiger partial charge in [-0.15, -0.1) is 0 Å². The van der Waals surface area contributed by atoms with E-state index in [1.807, 2.05) is 24.3 Å². The van der Waals surface area contributed by atoms with Crippen LogP contribution in [0.25, 0.3) is 0 Å². The molecule has 0 aliphatic carbocycles. The van der Waals surface area contributed by atoms with E-state index in [2.05, 4.69) is 24.5 Å². The number of thiocarbonyl (C=S) groups is 1. The molecule has 0 aliphatic rings. The van der Waals surface area contributed by atoms with Gasteiger partial charge in [-0.1, -0.05) is 24.6 Å². The first-order valence-electron chi connectivity index (χ1n) is 4.95. The minimum absolute atomic E-state index is 0.379. The van der Waals surface area contributed by atoms with Crippen LogP contribution < -0.4 is 10.6 Å². The van der Waals surface area contributed by atoms with E-state index in [1.165, 1.54) is 0 Å². The van der Waals surface area contributed by atoms with Crippen LogP contribution in [0.4, 0.5) is 5.69 Å². The molecule has 1 aromatic carbocycles. The lowest BCUT2D eigenvalue weighted by atomic mass is 10.3. The normalized spacial score (nSPS) is 11.9. The highest BCUT2D eigenvalue weighted by Gasteiger charge is 2.01. The lowest BCUT2D eigenvalue weighted by Gasteiger charge is -2.15. The molecule has 0 saturated heterocycles. The molecule has 0 amide bonds. The van der Waals surface area contributed by atoms with Crippen LogP contribution in [0.1, 0.15) is 20.3 Å². The number of benzene rings is 1. The molecule has 1 aromatic rings. The maximum Gasteiger partial charge on any atom is 0.170 e. The molecule has 1 unspecified atom stereocenters. The molecule has 1 rings (SSSR count). The van der Waals surface area contributed by atoms with Crippen LogP contribution in [-0.4, -0.2) is 11.2 Å². The quantitative estimate of drug-likeness (QED) is 0.795. The van der Waals surface area contributed by atoms with Crippen molar-refractivity contribution in [3.63, 3.8) is 0 Å². The van der Waals surface area contributed by atoms with Crippen LogP contribution in [0.3, 0.4) is 0 Å². The number of hydrogen-bond donors (Lipinski definition) is 2. The maximum atomic E-state index is 5.86. The SMILES string of the molecule is CCC(C)NC(=S)Nc1cccc(Cl)c1. The zero-order valence-electron chi connectivity index (χ0n) is 8.88. The Morgan fingerprint density at radius 2 is 2.27 bits per heavy atom. The topological polar surface area (TPSA) is 24.1 Å². The summed E-state index contributed by atoms with van der Waals surface area (Å²) in [5.41, 5.74) is 0.906. The molecular weight excluding hydrogens is 228 g/mol. The molecule has 0 aromatic heterocycles. The third kappa shape index (κ3) is 4.49. The molecule has 0 aliphatic heterocycles. The Balaban J connectivity index is 2.51. The molecule has 2 nitrogen and oxygen atoms in total. The number of hydrogen-bond acceptors (Lipinski definition) is 1. The summed E-state index contributed by atoms with van der Waals surface area (Å²) in [6.07, 6.45) is 1.04. The van der Waals surface area contributed by atoms with E-state index in [4.69, 9.17) is 23.8 Å². The molecule has 0 bridgehead atoms. The van der Waals surface area contributed by atoms with E-state index in [1.54, 1.807) is 0 Å². The van der Waals surface area contributed by atoms with Gasteiger partial charge in [0.25, 0.3) is 0 Å². The van der Waals surface area contributed by atoms with Crippen molar-refractivity contribution in [2.45, 2.75) is 26.3 Å². The summed E-state index contributed by atoms with van der Waals surface area (Å²) in [6.45, 7) is 4.20. The van der Waals surface area contributed by atoms with Gasteiger partial charge in [0, 0.05) is 16.8 Å². The highest BCUT2D eigenvalue weighted by molar-refractivity contribution is 7.80. The van der Waals surface area contributed by atoms with Crippen molar-refractivity contribution >= 4 is 34.6 Å². The van der Waals surface area contributed by atoms with Gasteiger partial charge in [-0.2, -0.15) is 0 Å². The number of nitrogens with one attached hydrogen (secondary N) is 2. The molecule has 0 saturated carbocycles. The van der Waals surface area contributed by atoms with Crippen molar-refractivity contribution in [1.29, 1.82) is 0 Å². The third-order valence-corrected chi connectivity index (χ3v) is 2.53. The molecule has 4 heteroatoms. The lowest BCUT2D eigenvalue weighted by molar-refractivity contribution is 0.646. The number of anilines is 1.